The molecule has 0 saturated heterocycles. The molecule has 0 aliphatic carbocycles. The van der Waals surface area contributed by atoms with Crippen LogP contribution in [0.4, 0.5) is 10.8 Å². The third kappa shape index (κ3) is 3.42. The molecule has 0 atom stereocenters. The van der Waals surface area contributed by atoms with Gasteiger partial charge in [0.2, 0.25) is 10.1 Å². The molecule has 9 heteroatoms. The molecule has 3 aromatic heterocycles. The summed E-state index contributed by atoms with van der Waals surface area (Å²) in [5.41, 5.74) is 1.59. The van der Waals surface area contributed by atoms with Crippen molar-refractivity contribution in [3.05, 3.63) is 88.6 Å². The lowest BCUT2D eigenvalue weighted by molar-refractivity contribution is 0.0948. The predicted octanol–water partition coefficient (Wildman–Crippen LogP) is 3.57. The van der Waals surface area contributed by atoms with E-state index in [1.165, 1.54) is 15.9 Å². The Morgan fingerprint density at radius 3 is 2.87 bits per heavy atom. The van der Waals surface area contributed by atoms with Crippen LogP contribution >= 0.6 is 11.3 Å². The molecule has 5 rings (SSSR count). The lowest BCUT2D eigenvalue weighted by Crippen LogP contribution is -2.22. The van der Waals surface area contributed by atoms with Crippen molar-refractivity contribution in [1.82, 2.24) is 19.9 Å². The molecule has 0 saturated carbocycles. The highest BCUT2D eigenvalue weighted by molar-refractivity contribution is 7.20. The first-order valence-electron chi connectivity index (χ1n) is 9.14. The van der Waals surface area contributed by atoms with Gasteiger partial charge in [0.15, 0.2) is 0 Å². The minimum absolute atomic E-state index is 0.217. The van der Waals surface area contributed by atoms with Crippen LogP contribution in [-0.4, -0.2) is 20.5 Å². The summed E-state index contributed by atoms with van der Waals surface area (Å²) in [6, 6.07) is 17.8. The van der Waals surface area contributed by atoms with Gasteiger partial charge >= 0.3 is 0 Å². The standard InChI is InChI=1S/C21H15N5O3S/c27-18(22-12-15-7-4-10-29-15)13-5-3-6-14(11-13)23-20-25-26-19(28)16-8-1-2-9-17(16)24-21(26)30-20/h1-11H,12H2,(H,22,27)(H,23,25). The van der Waals surface area contributed by atoms with Gasteiger partial charge in [-0.15, -0.1) is 5.10 Å². The summed E-state index contributed by atoms with van der Waals surface area (Å²) in [4.78, 5) is 30.1. The van der Waals surface area contributed by atoms with Crippen LogP contribution < -0.4 is 16.2 Å². The molecule has 30 heavy (non-hydrogen) atoms. The fourth-order valence-corrected chi connectivity index (χ4v) is 3.87. The van der Waals surface area contributed by atoms with Crippen LogP contribution in [0.15, 0.2) is 76.1 Å². The lowest BCUT2D eigenvalue weighted by Gasteiger charge is -2.06. The van der Waals surface area contributed by atoms with Gasteiger partial charge in [0.05, 0.1) is 23.7 Å². The first kappa shape index (κ1) is 18.1. The van der Waals surface area contributed by atoms with Crippen molar-refractivity contribution >= 4 is 43.9 Å². The second kappa shape index (κ2) is 7.45. The number of carbonyl (C=O) groups is 1. The number of hydrogen-bond donors (Lipinski definition) is 2. The molecular formula is C21H15N5O3S. The molecule has 0 unspecified atom stereocenters. The first-order valence-corrected chi connectivity index (χ1v) is 9.95. The van der Waals surface area contributed by atoms with Crippen LogP contribution in [-0.2, 0) is 6.54 Å². The van der Waals surface area contributed by atoms with Gasteiger partial charge in [-0.3, -0.25) is 9.59 Å². The highest BCUT2D eigenvalue weighted by Crippen LogP contribution is 2.23. The lowest BCUT2D eigenvalue weighted by atomic mass is 10.2. The number of furan rings is 1. The number of para-hydroxylation sites is 1. The van der Waals surface area contributed by atoms with Gasteiger partial charge in [-0.05, 0) is 42.5 Å². The minimum atomic E-state index is -0.219. The highest BCUT2D eigenvalue weighted by Gasteiger charge is 2.12. The maximum atomic E-state index is 12.6. The third-order valence-electron chi connectivity index (χ3n) is 4.48. The van der Waals surface area contributed by atoms with E-state index in [0.717, 1.165) is 0 Å². The number of fused-ring (bicyclic) bond motifs is 2. The van der Waals surface area contributed by atoms with Crippen molar-refractivity contribution in [2.45, 2.75) is 6.54 Å². The topological polar surface area (TPSA) is 102 Å². The van der Waals surface area contributed by atoms with E-state index < -0.39 is 0 Å². The second-order valence-corrected chi connectivity index (χ2v) is 7.46. The Balaban J connectivity index is 1.39. The average Bonchev–Trinajstić information content (AvgIpc) is 3.42. The number of amides is 1. The van der Waals surface area contributed by atoms with Gasteiger partial charge in [-0.25, -0.2) is 4.98 Å². The number of nitrogens with zero attached hydrogens (tertiary/aromatic N) is 3. The molecule has 2 aromatic carbocycles. The number of rotatable bonds is 5. The van der Waals surface area contributed by atoms with Crippen LogP contribution in [0, 0.1) is 0 Å². The maximum absolute atomic E-state index is 12.6. The van der Waals surface area contributed by atoms with E-state index in [-0.39, 0.29) is 11.5 Å². The van der Waals surface area contributed by atoms with E-state index >= 15 is 0 Å². The average molecular weight is 417 g/mol. The Hall–Kier alpha value is -3.98. The molecule has 0 radical (unpaired) electrons. The van der Waals surface area contributed by atoms with Crippen LogP contribution in [0.2, 0.25) is 0 Å². The first-order chi connectivity index (χ1) is 14.7. The van der Waals surface area contributed by atoms with Crippen LogP contribution in [0.5, 0.6) is 0 Å². The van der Waals surface area contributed by atoms with Crippen LogP contribution in [0.3, 0.4) is 0 Å². The molecule has 0 spiro atoms. The number of aromatic nitrogens is 3. The molecular weight excluding hydrogens is 402 g/mol. The molecule has 5 aromatic rings. The summed E-state index contributed by atoms with van der Waals surface area (Å²) < 4.78 is 6.51. The highest BCUT2D eigenvalue weighted by atomic mass is 32.1. The fraction of sp³-hybridized carbons (Fsp3) is 0.0476. The monoisotopic (exact) mass is 417 g/mol. The molecule has 0 aliphatic rings. The Bertz CT molecular complexity index is 1420. The van der Waals surface area contributed by atoms with Crippen molar-refractivity contribution in [2.24, 2.45) is 0 Å². The van der Waals surface area contributed by atoms with E-state index in [9.17, 15) is 9.59 Å². The number of hydrogen-bond acceptors (Lipinski definition) is 7. The van der Waals surface area contributed by atoms with E-state index in [1.54, 1.807) is 54.8 Å². The Morgan fingerprint density at radius 1 is 1.10 bits per heavy atom. The van der Waals surface area contributed by atoms with Gasteiger partial charge < -0.3 is 15.1 Å². The zero-order valence-corrected chi connectivity index (χ0v) is 16.3. The number of anilines is 2. The van der Waals surface area contributed by atoms with Crippen molar-refractivity contribution in [2.75, 3.05) is 5.32 Å². The summed E-state index contributed by atoms with van der Waals surface area (Å²) in [6.07, 6.45) is 1.56. The van der Waals surface area contributed by atoms with E-state index in [2.05, 4.69) is 20.7 Å². The second-order valence-electron chi connectivity index (χ2n) is 6.50. The fourth-order valence-electron chi connectivity index (χ4n) is 3.05. The van der Waals surface area contributed by atoms with Gasteiger partial charge in [0, 0.05) is 11.3 Å². The number of nitrogens with one attached hydrogen (secondary N) is 2. The molecule has 0 fully saturated rings. The Kier molecular flexibility index (Phi) is 4.49. The minimum Gasteiger partial charge on any atom is -0.467 e. The molecule has 1 amide bonds. The summed E-state index contributed by atoms with van der Waals surface area (Å²) >= 11 is 1.26. The van der Waals surface area contributed by atoms with Crippen molar-refractivity contribution in [3.8, 4) is 0 Å². The van der Waals surface area contributed by atoms with Gasteiger partial charge in [0.1, 0.15) is 5.76 Å². The predicted molar refractivity (Wildman–Crippen MR) is 114 cm³/mol. The normalized spacial score (nSPS) is 11.1. The third-order valence-corrected chi connectivity index (χ3v) is 5.31. The maximum Gasteiger partial charge on any atom is 0.283 e. The SMILES string of the molecule is O=C(NCc1ccco1)c1cccc(Nc2nn3c(=O)c4ccccc4nc3s2)c1. The summed E-state index contributed by atoms with van der Waals surface area (Å²) in [5, 5.41) is 11.3. The summed E-state index contributed by atoms with van der Waals surface area (Å²) in [7, 11) is 0. The molecule has 2 N–H and O–H groups in total. The van der Waals surface area contributed by atoms with Crippen molar-refractivity contribution in [1.29, 1.82) is 0 Å². The van der Waals surface area contributed by atoms with E-state index in [4.69, 9.17) is 4.42 Å². The van der Waals surface area contributed by atoms with Gasteiger partial charge in [-0.1, -0.05) is 29.5 Å². The number of carbonyl (C=O) groups excluding carboxylic acids is 1. The van der Waals surface area contributed by atoms with Gasteiger partial charge in [-0.2, -0.15) is 4.52 Å². The molecule has 3 heterocycles. The Labute approximate surface area is 173 Å². The smallest absolute Gasteiger partial charge is 0.283 e. The Morgan fingerprint density at radius 2 is 2.00 bits per heavy atom. The quantitative estimate of drug-likeness (QED) is 0.453. The zero-order chi connectivity index (χ0) is 20.5. The van der Waals surface area contributed by atoms with Crippen LogP contribution in [0.25, 0.3) is 15.9 Å². The molecule has 0 aliphatic heterocycles. The summed E-state index contributed by atoms with van der Waals surface area (Å²) in [5.74, 6) is 0.459. The molecule has 8 nitrogen and oxygen atoms in total. The number of benzene rings is 2. The van der Waals surface area contributed by atoms with Crippen LogP contribution in [0.1, 0.15) is 16.1 Å². The van der Waals surface area contributed by atoms with Gasteiger partial charge in [0.25, 0.3) is 11.5 Å². The van der Waals surface area contributed by atoms with Crippen molar-refractivity contribution in [3.63, 3.8) is 0 Å². The van der Waals surface area contributed by atoms with E-state index in [0.29, 0.717) is 44.6 Å². The molecule has 0 bridgehead atoms. The van der Waals surface area contributed by atoms with Crippen molar-refractivity contribution < 1.29 is 9.21 Å². The zero-order valence-electron chi connectivity index (χ0n) is 15.5. The van der Waals surface area contributed by atoms with E-state index in [1.807, 2.05) is 12.1 Å². The molecule has 148 valence electrons. The summed E-state index contributed by atoms with van der Waals surface area (Å²) in [6.45, 7) is 0.309. The largest absolute Gasteiger partial charge is 0.467 e.